The van der Waals surface area contributed by atoms with Crippen LogP contribution in [0, 0.1) is 5.41 Å². The molecule has 0 aliphatic rings. The van der Waals surface area contributed by atoms with Gasteiger partial charge in [-0.05, 0) is 31.3 Å². The maximum Gasteiger partial charge on any atom is 0.0105 e. The summed E-state index contributed by atoms with van der Waals surface area (Å²) in [5.41, 5.74) is 7.10. The Balaban J connectivity index is 4.83. The lowest BCUT2D eigenvalue weighted by molar-refractivity contribution is 0.312. The van der Waals surface area contributed by atoms with Crippen molar-refractivity contribution in [1.82, 2.24) is 0 Å². The van der Waals surface area contributed by atoms with Gasteiger partial charge in [0.25, 0.3) is 0 Å². The van der Waals surface area contributed by atoms with Gasteiger partial charge in [-0.15, -0.1) is 0 Å². The zero-order valence-electron chi connectivity index (χ0n) is 9.93. The summed E-state index contributed by atoms with van der Waals surface area (Å²) in [6.45, 7) is 16.0. The third-order valence-electron chi connectivity index (χ3n) is 2.20. The highest BCUT2D eigenvalue weighted by atomic mass is 14.7. The molecule has 1 nitrogen and oxygen atoms in total. The first-order valence-electron chi connectivity index (χ1n) is 4.97. The molecule has 0 radical (unpaired) electrons. The van der Waals surface area contributed by atoms with E-state index in [1.807, 2.05) is 26.0 Å². The first-order valence-corrected chi connectivity index (χ1v) is 4.97. The van der Waals surface area contributed by atoms with Crippen LogP contribution < -0.4 is 5.73 Å². The normalized spacial score (nSPS) is 13.9. The van der Waals surface area contributed by atoms with E-state index in [4.69, 9.17) is 5.73 Å². The molecule has 0 spiro atoms. The molecule has 1 heteroatoms. The molecule has 0 aromatic carbocycles. The van der Waals surface area contributed by atoms with Crippen LogP contribution in [0.3, 0.4) is 0 Å². The van der Waals surface area contributed by atoms with Crippen molar-refractivity contribution in [1.29, 1.82) is 0 Å². The van der Waals surface area contributed by atoms with Crippen molar-refractivity contribution in [3.05, 3.63) is 37.0 Å². The van der Waals surface area contributed by atoms with Crippen LogP contribution in [0.1, 0.15) is 34.1 Å². The summed E-state index contributed by atoms with van der Waals surface area (Å²) in [6.07, 6.45) is 6.60. The van der Waals surface area contributed by atoms with Crippen molar-refractivity contribution in [3.8, 4) is 0 Å². The Morgan fingerprint density at radius 3 is 2.00 bits per heavy atom. The fourth-order valence-corrected chi connectivity index (χ4v) is 1.94. The highest BCUT2D eigenvalue weighted by molar-refractivity contribution is 5.27. The third kappa shape index (κ3) is 4.43. The van der Waals surface area contributed by atoms with Crippen LogP contribution in [-0.4, -0.2) is 5.54 Å². The van der Waals surface area contributed by atoms with Crippen LogP contribution >= 0.6 is 0 Å². The Kier molecular flexibility index (Phi) is 4.34. The summed E-state index contributed by atoms with van der Waals surface area (Å²) in [5.74, 6) is 0. The van der Waals surface area contributed by atoms with E-state index >= 15 is 0 Å². The minimum Gasteiger partial charge on any atom is -0.326 e. The first kappa shape index (κ1) is 13.2. The predicted octanol–water partition coefficient (Wildman–Crippen LogP) is 3.44. The number of allylic oxidation sites excluding steroid dienone is 4. The lowest BCUT2D eigenvalue weighted by Crippen LogP contribution is -2.37. The maximum absolute atomic E-state index is 6.02. The Hall–Kier alpha value is -0.820. The number of hydrogen-bond donors (Lipinski definition) is 1. The van der Waals surface area contributed by atoms with Gasteiger partial charge in [0.2, 0.25) is 0 Å². The lowest BCUT2D eigenvalue weighted by Gasteiger charge is -2.33. The fourth-order valence-electron chi connectivity index (χ4n) is 1.94. The molecule has 0 saturated carbocycles. The molecule has 14 heavy (non-hydrogen) atoms. The van der Waals surface area contributed by atoms with Crippen LogP contribution in [0.15, 0.2) is 37.0 Å². The van der Waals surface area contributed by atoms with Crippen LogP contribution in [0.25, 0.3) is 0 Å². The molecule has 0 heterocycles. The van der Waals surface area contributed by atoms with E-state index in [9.17, 15) is 0 Å². The molecule has 0 aliphatic carbocycles. The summed E-state index contributed by atoms with van der Waals surface area (Å²) in [6, 6.07) is 0. The van der Waals surface area contributed by atoms with Crippen molar-refractivity contribution in [3.63, 3.8) is 0 Å². The molecular weight excluding hydrogens is 170 g/mol. The molecular formula is C13H23N. The molecule has 0 bridgehead atoms. The van der Waals surface area contributed by atoms with Crippen molar-refractivity contribution >= 4 is 0 Å². The van der Waals surface area contributed by atoms with Crippen molar-refractivity contribution in [2.24, 2.45) is 11.1 Å². The number of hydrogen-bond acceptors (Lipinski definition) is 1. The Labute approximate surface area is 88.4 Å². The fraction of sp³-hybridized carbons (Fsp3) is 0.538. The van der Waals surface area contributed by atoms with Crippen LogP contribution in [0.5, 0.6) is 0 Å². The number of nitrogens with two attached hydrogens (primary N) is 1. The van der Waals surface area contributed by atoms with Gasteiger partial charge in [0, 0.05) is 5.54 Å². The molecule has 0 aromatic rings. The highest BCUT2D eigenvalue weighted by Crippen LogP contribution is 2.34. The Morgan fingerprint density at radius 2 is 1.71 bits per heavy atom. The summed E-state index contributed by atoms with van der Waals surface area (Å²) in [7, 11) is 0. The number of rotatable bonds is 5. The van der Waals surface area contributed by atoms with E-state index in [-0.39, 0.29) is 11.0 Å². The van der Waals surface area contributed by atoms with Gasteiger partial charge in [-0.3, -0.25) is 0 Å². The predicted molar refractivity (Wildman–Crippen MR) is 65.1 cm³/mol. The van der Waals surface area contributed by atoms with E-state index in [1.165, 1.54) is 5.57 Å². The average molecular weight is 193 g/mol. The quantitative estimate of drug-likeness (QED) is 0.665. The van der Waals surface area contributed by atoms with Gasteiger partial charge in [-0.25, -0.2) is 0 Å². The Bertz CT molecular complexity index is 238. The molecule has 0 rings (SSSR count). The van der Waals surface area contributed by atoms with Gasteiger partial charge in [0.15, 0.2) is 0 Å². The minimum absolute atomic E-state index is 0.0498. The van der Waals surface area contributed by atoms with Crippen molar-refractivity contribution in [2.45, 2.75) is 39.7 Å². The van der Waals surface area contributed by atoms with Crippen LogP contribution in [-0.2, 0) is 0 Å². The zero-order valence-corrected chi connectivity index (χ0v) is 9.93. The van der Waals surface area contributed by atoms with Crippen LogP contribution in [0.2, 0.25) is 0 Å². The summed E-state index contributed by atoms with van der Waals surface area (Å²) >= 11 is 0. The van der Waals surface area contributed by atoms with E-state index in [1.54, 1.807) is 6.08 Å². The van der Waals surface area contributed by atoms with Gasteiger partial charge in [0.1, 0.15) is 0 Å². The molecule has 0 fully saturated rings. The van der Waals surface area contributed by atoms with Gasteiger partial charge in [0.05, 0.1) is 0 Å². The van der Waals surface area contributed by atoms with Crippen molar-refractivity contribution < 1.29 is 0 Å². The second kappa shape index (κ2) is 4.61. The molecule has 0 unspecified atom stereocenters. The SMILES string of the molecule is C=C/C=C(\C=C)C(C)(C)CC(C)(C)N. The topological polar surface area (TPSA) is 26.0 Å². The highest BCUT2D eigenvalue weighted by Gasteiger charge is 2.27. The standard InChI is InChI=1S/C13H23N/c1-7-9-11(8-2)12(3,4)10-13(5,6)14/h7-9H,1-2,10,14H2,3-6H3/b11-9+. The first-order chi connectivity index (χ1) is 6.23. The Morgan fingerprint density at radius 1 is 1.21 bits per heavy atom. The van der Waals surface area contributed by atoms with Gasteiger partial charge in [-0.1, -0.05) is 45.2 Å². The molecule has 2 N–H and O–H groups in total. The van der Waals surface area contributed by atoms with Gasteiger partial charge in [-0.2, -0.15) is 0 Å². The zero-order chi connectivity index (χ0) is 11.4. The van der Waals surface area contributed by atoms with Crippen LogP contribution in [0.4, 0.5) is 0 Å². The average Bonchev–Trinajstić information content (AvgIpc) is 1.94. The molecule has 0 saturated heterocycles. The second-order valence-electron chi connectivity index (χ2n) is 5.11. The summed E-state index contributed by atoms with van der Waals surface area (Å²) < 4.78 is 0. The molecule has 0 amide bonds. The van der Waals surface area contributed by atoms with Gasteiger partial charge < -0.3 is 5.73 Å². The van der Waals surface area contributed by atoms with Gasteiger partial charge >= 0.3 is 0 Å². The second-order valence-corrected chi connectivity index (χ2v) is 5.11. The molecule has 0 aromatic heterocycles. The molecule has 0 aliphatic heterocycles. The maximum atomic E-state index is 6.02. The summed E-state index contributed by atoms with van der Waals surface area (Å²) in [4.78, 5) is 0. The van der Waals surface area contributed by atoms with E-state index < -0.39 is 0 Å². The summed E-state index contributed by atoms with van der Waals surface area (Å²) in [5, 5.41) is 0. The molecule has 80 valence electrons. The van der Waals surface area contributed by atoms with Crippen molar-refractivity contribution in [2.75, 3.05) is 0 Å². The smallest absolute Gasteiger partial charge is 0.0105 e. The largest absolute Gasteiger partial charge is 0.326 e. The lowest BCUT2D eigenvalue weighted by atomic mass is 9.75. The molecule has 0 atom stereocenters. The monoisotopic (exact) mass is 193 g/mol. The van der Waals surface area contributed by atoms with E-state index in [2.05, 4.69) is 27.0 Å². The van der Waals surface area contributed by atoms with E-state index in [0.717, 1.165) is 6.42 Å². The van der Waals surface area contributed by atoms with E-state index in [0.29, 0.717) is 0 Å². The third-order valence-corrected chi connectivity index (χ3v) is 2.20. The minimum atomic E-state index is -0.160.